The van der Waals surface area contributed by atoms with Gasteiger partial charge in [0.05, 0.1) is 24.1 Å². The van der Waals surface area contributed by atoms with E-state index in [0.29, 0.717) is 18.7 Å². The Morgan fingerprint density at radius 1 is 1.23 bits per heavy atom. The number of amides is 1. The molecule has 2 heterocycles. The molecular formula is C23H31N3O4. The fourth-order valence-corrected chi connectivity index (χ4v) is 4.27. The van der Waals surface area contributed by atoms with Gasteiger partial charge in [0.2, 0.25) is 0 Å². The minimum atomic E-state index is -0.317. The molecule has 0 saturated carbocycles. The molecule has 162 valence electrons. The Hall–Kier alpha value is -2.67. The summed E-state index contributed by atoms with van der Waals surface area (Å²) in [5.41, 5.74) is 0.881. The van der Waals surface area contributed by atoms with E-state index < -0.39 is 0 Å². The van der Waals surface area contributed by atoms with Crippen molar-refractivity contribution in [2.75, 3.05) is 32.8 Å². The van der Waals surface area contributed by atoms with E-state index in [4.69, 9.17) is 4.74 Å². The Kier molecular flexibility index (Phi) is 7.26. The average molecular weight is 414 g/mol. The number of nitrogens with zero attached hydrogens (tertiary/aromatic N) is 3. The van der Waals surface area contributed by atoms with Crippen LogP contribution in [0.2, 0.25) is 0 Å². The molecule has 2 aromatic rings. The number of carbonyl (C=O) groups excluding carboxylic acids is 2. The fraction of sp³-hybridized carbons (Fsp3) is 0.522. The Balaban J connectivity index is 1.93. The summed E-state index contributed by atoms with van der Waals surface area (Å²) in [5, 5.41) is 0.740. The van der Waals surface area contributed by atoms with Crippen LogP contribution >= 0.6 is 0 Å². The van der Waals surface area contributed by atoms with E-state index in [1.807, 2.05) is 24.3 Å². The fourth-order valence-electron chi connectivity index (χ4n) is 4.27. The van der Waals surface area contributed by atoms with Gasteiger partial charge in [-0.15, -0.1) is 0 Å². The molecule has 1 aromatic heterocycles. The predicted molar refractivity (Wildman–Crippen MR) is 117 cm³/mol. The lowest BCUT2D eigenvalue weighted by Gasteiger charge is -2.30. The van der Waals surface area contributed by atoms with Crippen molar-refractivity contribution in [1.29, 1.82) is 0 Å². The lowest BCUT2D eigenvalue weighted by atomic mass is 10.1. The maximum atomic E-state index is 13.6. The summed E-state index contributed by atoms with van der Waals surface area (Å²) in [4.78, 5) is 42.1. The summed E-state index contributed by atoms with van der Waals surface area (Å²) >= 11 is 0. The molecule has 0 radical (unpaired) electrons. The normalized spacial score (nSPS) is 16.7. The quantitative estimate of drug-likeness (QED) is 0.622. The Bertz CT molecular complexity index is 969. The Morgan fingerprint density at radius 3 is 2.73 bits per heavy atom. The molecule has 1 fully saturated rings. The van der Waals surface area contributed by atoms with E-state index >= 15 is 0 Å². The molecule has 1 aromatic carbocycles. The largest absolute Gasteiger partial charge is 0.466 e. The summed E-state index contributed by atoms with van der Waals surface area (Å²) in [6.45, 7) is 6.97. The molecule has 7 heteroatoms. The molecule has 1 saturated heterocycles. The third-order valence-corrected chi connectivity index (χ3v) is 5.90. The Labute approximate surface area is 177 Å². The maximum absolute atomic E-state index is 13.6. The van der Waals surface area contributed by atoms with Gasteiger partial charge in [-0.2, -0.15) is 0 Å². The highest BCUT2D eigenvalue weighted by Gasteiger charge is 2.29. The number of rotatable bonds is 8. The maximum Gasteiger partial charge on any atom is 0.307 e. The van der Waals surface area contributed by atoms with Gasteiger partial charge in [0.15, 0.2) is 0 Å². The summed E-state index contributed by atoms with van der Waals surface area (Å²) in [6, 6.07) is 9.09. The van der Waals surface area contributed by atoms with Crippen molar-refractivity contribution in [1.82, 2.24) is 14.4 Å². The smallest absolute Gasteiger partial charge is 0.307 e. The molecule has 1 amide bonds. The van der Waals surface area contributed by atoms with Gasteiger partial charge in [-0.25, -0.2) is 0 Å². The lowest BCUT2D eigenvalue weighted by molar-refractivity contribution is -0.143. The number of esters is 1. The lowest BCUT2D eigenvalue weighted by Crippen LogP contribution is -2.44. The second-order valence-corrected chi connectivity index (χ2v) is 7.70. The van der Waals surface area contributed by atoms with Crippen LogP contribution in [0.15, 0.2) is 35.1 Å². The molecule has 30 heavy (non-hydrogen) atoms. The number of likely N-dealkylation sites (N-methyl/N-ethyl adjacent to an activating group) is 1. The summed E-state index contributed by atoms with van der Waals surface area (Å²) in [6.07, 6.45) is 2.27. The van der Waals surface area contributed by atoms with Crippen molar-refractivity contribution >= 4 is 22.8 Å². The molecular weight excluding hydrogens is 382 g/mol. The van der Waals surface area contributed by atoms with Gasteiger partial charge >= 0.3 is 5.97 Å². The zero-order chi connectivity index (χ0) is 21.7. The third kappa shape index (κ3) is 4.73. The first kappa shape index (κ1) is 22.0. The van der Waals surface area contributed by atoms with Gasteiger partial charge in [0.1, 0.15) is 0 Å². The van der Waals surface area contributed by atoms with Crippen LogP contribution in [0, 0.1) is 0 Å². The van der Waals surface area contributed by atoms with Crippen molar-refractivity contribution in [3.05, 3.63) is 46.2 Å². The second-order valence-electron chi connectivity index (χ2n) is 7.70. The number of likely N-dealkylation sites (tertiary alicyclic amines) is 1. The van der Waals surface area contributed by atoms with Crippen molar-refractivity contribution in [2.45, 2.75) is 39.2 Å². The molecule has 3 rings (SSSR count). The highest BCUT2D eigenvalue weighted by atomic mass is 16.5. The highest BCUT2D eigenvalue weighted by Crippen LogP contribution is 2.22. The van der Waals surface area contributed by atoms with Crippen molar-refractivity contribution in [3.8, 4) is 0 Å². The van der Waals surface area contributed by atoms with Crippen LogP contribution in [0.25, 0.3) is 10.9 Å². The standard InChI is InChI=1S/C23H31N3O4/c1-4-25-13-8-9-17(25)16-26(14-12-22(28)30-5-2)23(29)19-15-21(27)24(3)20-11-7-6-10-18(19)20/h6-7,10-11,15,17H,4-5,8-9,12-14,16H2,1-3H3. The van der Waals surface area contributed by atoms with E-state index in [-0.39, 0.29) is 36.4 Å². The number of aryl methyl sites for hydroxylation is 1. The topological polar surface area (TPSA) is 71.8 Å². The summed E-state index contributed by atoms with van der Waals surface area (Å²) in [7, 11) is 1.70. The molecule has 0 N–H and O–H groups in total. The number of fused-ring (bicyclic) bond motifs is 1. The molecule has 1 aliphatic rings. The van der Waals surface area contributed by atoms with Gasteiger partial charge in [0.25, 0.3) is 11.5 Å². The monoisotopic (exact) mass is 413 g/mol. The first-order valence-electron chi connectivity index (χ1n) is 10.7. The number of para-hydroxylation sites is 1. The molecule has 0 aliphatic carbocycles. The molecule has 1 aliphatic heterocycles. The van der Waals surface area contributed by atoms with Crippen LogP contribution in [0.1, 0.15) is 43.5 Å². The molecule has 0 bridgehead atoms. The summed E-state index contributed by atoms with van der Waals surface area (Å²) < 4.78 is 6.60. The molecule has 0 spiro atoms. The first-order valence-corrected chi connectivity index (χ1v) is 10.7. The predicted octanol–water partition coefficient (Wildman–Crippen LogP) is 2.42. The van der Waals surface area contributed by atoms with Crippen LogP contribution < -0.4 is 5.56 Å². The Morgan fingerprint density at radius 2 is 2.00 bits per heavy atom. The van der Waals surface area contributed by atoms with Gasteiger partial charge < -0.3 is 14.2 Å². The van der Waals surface area contributed by atoms with Crippen molar-refractivity contribution < 1.29 is 14.3 Å². The number of ether oxygens (including phenoxy) is 1. The molecule has 7 nitrogen and oxygen atoms in total. The SMILES string of the molecule is CCOC(=O)CCN(CC1CCCN1CC)C(=O)c1cc(=O)n(C)c2ccccc12. The van der Waals surface area contributed by atoms with Gasteiger partial charge in [-0.05, 0) is 38.9 Å². The molecule has 1 unspecified atom stereocenters. The summed E-state index contributed by atoms with van der Waals surface area (Å²) in [5.74, 6) is -0.529. The number of carbonyl (C=O) groups is 2. The van der Waals surface area contributed by atoms with Crippen molar-refractivity contribution in [2.24, 2.45) is 7.05 Å². The van der Waals surface area contributed by atoms with Gasteiger partial charge in [-0.1, -0.05) is 25.1 Å². The molecule has 1 atom stereocenters. The van der Waals surface area contributed by atoms with Crippen LogP contribution in [0.3, 0.4) is 0 Å². The highest BCUT2D eigenvalue weighted by molar-refractivity contribution is 6.06. The number of hydrogen-bond donors (Lipinski definition) is 0. The number of pyridine rings is 1. The van der Waals surface area contributed by atoms with Crippen LogP contribution in [0.5, 0.6) is 0 Å². The zero-order valence-corrected chi connectivity index (χ0v) is 18.1. The first-order chi connectivity index (χ1) is 14.5. The second kappa shape index (κ2) is 9.89. The van der Waals surface area contributed by atoms with Gasteiger partial charge in [0, 0.05) is 37.6 Å². The number of hydrogen-bond acceptors (Lipinski definition) is 5. The minimum Gasteiger partial charge on any atom is -0.466 e. The van der Waals surface area contributed by atoms with Crippen LogP contribution in [-0.4, -0.2) is 65.1 Å². The zero-order valence-electron chi connectivity index (χ0n) is 18.1. The van der Waals surface area contributed by atoms with E-state index in [9.17, 15) is 14.4 Å². The van der Waals surface area contributed by atoms with E-state index in [0.717, 1.165) is 36.8 Å². The minimum absolute atomic E-state index is 0.140. The van der Waals surface area contributed by atoms with Gasteiger partial charge in [-0.3, -0.25) is 19.3 Å². The van der Waals surface area contributed by atoms with Crippen molar-refractivity contribution in [3.63, 3.8) is 0 Å². The van der Waals surface area contributed by atoms with Crippen LogP contribution in [0.4, 0.5) is 0 Å². The van der Waals surface area contributed by atoms with E-state index in [1.54, 1.807) is 23.4 Å². The number of aromatic nitrogens is 1. The van der Waals surface area contributed by atoms with E-state index in [1.165, 1.54) is 6.07 Å². The third-order valence-electron chi connectivity index (χ3n) is 5.90. The van der Waals surface area contributed by atoms with E-state index in [2.05, 4.69) is 11.8 Å². The average Bonchev–Trinajstić information content (AvgIpc) is 3.20. The number of benzene rings is 1. The van der Waals surface area contributed by atoms with Crippen LogP contribution in [-0.2, 0) is 16.6 Å².